The van der Waals surface area contributed by atoms with E-state index in [1.54, 1.807) is 11.3 Å². The van der Waals surface area contributed by atoms with Crippen molar-refractivity contribution in [3.8, 4) is 0 Å². The zero-order chi connectivity index (χ0) is 12.5. The second-order valence-electron chi connectivity index (χ2n) is 5.06. The van der Waals surface area contributed by atoms with E-state index in [0.29, 0.717) is 0 Å². The number of rotatable bonds is 3. The van der Waals surface area contributed by atoms with E-state index in [1.165, 1.54) is 30.4 Å². The summed E-state index contributed by atoms with van der Waals surface area (Å²) in [4.78, 5) is 5.44. The van der Waals surface area contributed by atoms with Crippen LogP contribution in [0.4, 0.5) is 0 Å². The quantitative estimate of drug-likeness (QED) is 0.910. The molecule has 94 valence electrons. The van der Waals surface area contributed by atoms with Crippen LogP contribution in [0.1, 0.15) is 52.2 Å². The van der Waals surface area contributed by atoms with Gasteiger partial charge in [0.1, 0.15) is 0 Å². The zero-order valence-corrected chi connectivity index (χ0v) is 11.4. The Morgan fingerprint density at radius 1 is 1.39 bits per heavy atom. The Bertz CT molecular complexity index is 543. The summed E-state index contributed by atoms with van der Waals surface area (Å²) in [5.74, 6) is 0.764. The highest BCUT2D eigenvalue weighted by Gasteiger charge is 2.20. The molecule has 0 saturated heterocycles. The molecule has 1 aliphatic rings. The first-order valence-electron chi connectivity index (χ1n) is 6.52. The maximum absolute atomic E-state index is 6.33. The van der Waals surface area contributed by atoms with Crippen LogP contribution in [0.3, 0.4) is 0 Å². The molecule has 1 fully saturated rings. The summed E-state index contributed by atoms with van der Waals surface area (Å²) in [6.45, 7) is 2.02. The standard InChI is InChI=1S/C15H18N2S/c1-10-17-9-14(18-10)15(16)13-7-3-6-12(8-13)11-4-2-5-11/h3,6-9,11,15H,2,4-5,16H2,1H3. The molecular formula is C15H18N2S. The third kappa shape index (κ3) is 2.20. The Balaban J connectivity index is 1.86. The lowest BCUT2D eigenvalue weighted by Crippen LogP contribution is -2.13. The van der Waals surface area contributed by atoms with Gasteiger partial charge in [0.25, 0.3) is 0 Å². The monoisotopic (exact) mass is 258 g/mol. The molecule has 0 bridgehead atoms. The molecule has 0 amide bonds. The topological polar surface area (TPSA) is 38.9 Å². The number of aryl methyl sites for hydroxylation is 1. The van der Waals surface area contributed by atoms with Gasteiger partial charge in [-0.25, -0.2) is 4.98 Å². The van der Waals surface area contributed by atoms with Gasteiger partial charge in [0.15, 0.2) is 0 Å². The molecule has 2 nitrogen and oxygen atoms in total. The summed E-state index contributed by atoms with van der Waals surface area (Å²) in [5, 5.41) is 1.08. The van der Waals surface area contributed by atoms with Gasteiger partial charge >= 0.3 is 0 Å². The normalized spacial score (nSPS) is 17.4. The fraction of sp³-hybridized carbons (Fsp3) is 0.400. The predicted molar refractivity (Wildman–Crippen MR) is 75.9 cm³/mol. The van der Waals surface area contributed by atoms with Gasteiger partial charge in [-0.05, 0) is 36.8 Å². The average molecular weight is 258 g/mol. The molecule has 0 spiro atoms. The van der Waals surface area contributed by atoms with Crippen LogP contribution in [0.25, 0.3) is 0 Å². The van der Waals surface area contributed by atoms with Crippen molar-refractivity contribution in [2.75, 3.05) is 0 Å². The van der Waals surface area contributed by atoms with Gasteiger partial charge in [-0.2, -0.15) is 0 Å². The lowest BCUT2D eigenvalue weighted by atomic mass is 9.79. The first-order valence-corrected chi connectivity index (χ1v) is 7.33. The van der Waals surface area contributed by atoms with E-state index in [0.717, 1.165) is 15.8 Å². The van der Waals surface area contributed by atoms with Crippen molar-refractivity contribution >= 4 is 11.3 Å². The summed E-state index contributed by atoms with van der Waals surface area (Å²) in [6, 6.07) is 8.75. The van der Waals surface area contributed by atoms with E-state index in [-0.39, 0.29) is 6.04 Å². The smallest absolute Gasteiger partial charge is 0.0897 e. The van der Waals surface area contributed by atoms with Gasteiger partial charge in [-0.3, -0.25) is 0 Å². The molecule has 1 unspecified atom stereocenters. The summed E-state index contributed by atoms with van der Waals surface area (Å²) in [6.07, 6.45) is 5.94. The number of hydrogen-bond acceptors (Lipinski definition) is 3. The Labute approximate surface area is 112 Å². The number of thiazole rings is 1. The van der Waals surface area contributed by atoms with Gasteiger partial charge < -0.3 is 5.73 Å². The van der Waals surface area contributed by atoms with E-state index < -0.39 is 0 Å². The molecule has 0 radical (unpaired) electrons. The molecule has 1 atom stereocenters. The van der Waals surface area contributed by atoms with Crippen LogP contribution in [-0.2, 0) is 0 Å². The first kappa shape index (κ1) is 11.9. The molecule has 1 aromatic heterocycles. The van der Waals surface area contributed by atoms with Crippen molar-refractivity contribution in [3.05, 3.63) is 51.5 Å². The largest absolute Gasteiger partial charge is 0.320 e. The van der Waals surface area contributed by atoms with Gasteiger partial charge in [-0.15, -0.1) is 11.3 Å². The van der Waals surface area contributed by atoms with Crippen LogP contribution >= 0.6 is 11.3 Å². The summed E-state index contributed by atoms with van der Waals surface area (Å²) in [5.41, 5.74) is 8.99. The van der Waals surface area contributed by atoms with Crippen LogP contribution in [0.15, 0.2) is 30.5 Å². The minimum atomic E-state index is -0.0313. The minimum Gasteiger partial charge on any atom is -0.320 e. The second-order valence-corrected chi connectivity index (χ2v) is 6.32. The van der Waals surface area contributed by atoms with Crippen molar-refractivity contribution in [3.63, 3.8) is 0 Å². The Kier molecular flexibility index (Phi) is 3.18. The van der Waals surface area contributed by atoms with Crippen LogP contribution < -0.4 is 5.73 Å². The minimum absolute atomic E-state index is 0.0313. The van der Waals surface area contributed by atoms with E-state index in [4.69, 9.17) is 5.73 Å². The third-order valence-electron chi connectivity index (χ3n) is 3.79. The summed E-state index contributed by atoms with van der Waals surface area (Å²) in [7, 11) is 0. The van der Waals surface area contributed by atoms with E-state index in [2.05, 4.69) is 29.2 Å². The van der Waals surface area contributed by atoms with Crippen molar-refractivity contribution < 1.29 is 0 Å². The maximum Gasteiger partial charge on any atom is 0.0897 e. The summed E-state index contributed by atoms with van der Waals surface area (Å²) >= 11 is 1.69. The Morgan fingerprint density at radius 2 is 2.22 bits per heavy atom. The first-order chi connectivity index (χ1) is 8.74. The van der Waals surface area contributed by atoms with Gasteiger partial charge in [-0.1, -0.05) is 30.7 Å². The fourth-order valence-electron chi connectivity index (χ4n) is 2.43. The van der Waals surface area contributed by atoms with Crippen LogP contribution in [0.2, 0.25) is 0 Å². The lowest BCUT2D eigenvalue weighted by molar-refractivity contribution is 0.419. The van der Waals surface area contributed by atoms with Crippen LogP contribution in [-0.4, -0.2) is 4.98 Å². The maximum atomic E-state index is 6.33. The average Bonchev–Trinajstić information content (AvgIpc) is 2.73. The highest BCUT2D eigenvalue weighted by atomic mass is 32.1. The molecule has 1 aliphatic carbocycles. The SMILES string of the molecule is Cc1ncc(C(N)c2cccc(C3CCC3)c2)s1. The summed E-state index contributed by atoms with van der Waals surface area (Å²) < 4.78 is 0. The van der Waals surface area contributed by atoms with E-state index in [9.17, 15) is 0 Å². The van der Waals surface area contributed by atoms with Crippen LogP contribution in [0, 0.1) is 6.92 Å². The Morgan fingerprint density at radius 3 is 2.83 bits per heavy atom. The van der Waals surface area contributed by atoms with Crippen molar-refractivity contribution in [1.29, 1.82) is 0 Å². The van der Waals surface area contributed by atoms with Gasteiger partial charge in [0.05, 0.1) is 11.0 Å². The molecule has 1 aromatic carbocycles. The van der Waals surface area contributed by atoms with E-state index in [1.807, 2.05) is 13.1 Å². The number of nitrogens with two attached hydrogens (primary N) is 1. The molecule has 1 heterocycles. The number of nitrogens with zero attached hydrogens (tertiary/aromatic N) is 1. The number of benzene rings is 1. The van der Waals surface area contributed by atoms with Gasteiger partial charge in [0, 0.05) is 11.1 Å². The Hall–Kier alpha value is -1.19. The van der Waals surface area contributed by atoms with E-state index >= 15 is 0 Å². The number of hydrogen-bond donors (Lipinski definition) is 1. The fourth-order valence-corrected chi connectivity index (χ4v) is 3.25. The lowest BCUT2D eigenvalue weighted by Gasteiger charge is -2.26. The van der Waals surface area contributed by atoms with Crippen molar-refractivity contribution in [1.82, 2.24) is 4.98 Å². The van der Waals surface area contributed by atoms with Crippen molar-refractivity contribution in [2.45, 2.75) is 38.1 Å². The molecule has 1 saturated carbocycles. The van der Waals surface area contributed by atoms with Crippen molar-refractivity contribution in [2.24, 2.45) is 5.73 Å². The molecule has 18 heavy (non-hydrogen) atoms. The zero-order valence-electron chi connectivity index (χ0n) is 10.6. The van der Waals surface area contributed by atoms with Gasteiger partial charge in [0.2, 0.25) is 0 Å². The highest BCUT2D eigenvalue weighted by Crippen LogP contribution is 2.37. The third-order valence-corrected chi connectivity index (χ3v) is 4.79. The molecular weight excluding hydrogens is 240 g/mol. The number of aromatic nitrogens is 1. The molecule has 0 aliphatic heterocycles. The molecule has 3 heteroatoms. The molecule has 2 N–H and O–H groups in total. The predicted octanol–water partition coefficient (Wildman–Crippen LogP) is 3.77. The highest BCUT2D eigenvalue weighted by molar-refractivity contribution is 7.11. The molecule has 2 aromatic rings. The second kappa shape index (κ2) is 4.82. The van der Waals surface area contributed by atoms with Crippen LogP contribution in [0.5, 0.6) is 0 Å². The molecule has 3 rings (SSSR count).